The molecule has 0 bridgehead atoms. The van der Waals surface area contributed by atoms with E-state index in [4.69, 9.17) is 32.9 Å². The van der Waals surface area contributed by atoms with Gasteiger partial charge in [-0.1, -0.05) is 53.5 Å². The molecule has 11 nitrogen and oxygen atoms in total. The topological polar surface area (TPSA) is 126 Å². The van der Waals surface area contributed by atoms with Crippen LogP contribution in [-0.4, -0.2) is 70.4 Å². The van der Waals surface area contributed by atoms with Gasteiger partial charge in [-0.25, -0.2) is 14.6 Å². The molecule has 2 atom stereocenters. The van der Waals surface area contributed by atoms with Gasteiger partial charge in [-0.2, -0.15) is 5.10 Å². The maximum absolute atomic E-state index is 13.1. The minimum absolute atomic E-state index is 0.167. The molecule has 1 amide bonds. The van der Waals surface area contributed by atoms with Crippen LogP contribution in [0.15, 0.2) is 59.5 Å². The van der Waals surface area contributed by atoms with E-state index in [0.717, 1.165) is 66.8 Å². The molecule has 1 aliphatic heterocycles. The predicted molar refractivity (Wildman–Crippen MR) is 198 cm³/mol. The van der Waals surface area contributed by atoms with E-state index in [1.54, 1.807) is 20.4 Å². The summed E-state index contributed by atoms with van der Waals surface area (Å²) in [6, 6.07) is 15.6. The first-order valence-electron chi connectivity index (χ1n) is 16.5. The second kappa shape index (κ2) is 13.6. The average molecular weight is 714 g/mol. The van der Waals surface area contributed by atoms with Gasteiger partial charge in [0, 0.05) is 71.6 Å². The number of halogens is 2. The Labute approximate surface area is 300 Å². The van der Waals surface area contributed by atoms with Crippen LogP contribution in [0.5, 0.6) is 5.88 Å². The van der Waals surface area contributed by atoms with Crippen LogP contribution in [0.1, 0.15) is 35.7 Å². The minimum atomic E-state index is -0.262. The fraction of sp³-hybridized carbons (Fsp3) is 0.324. The summed E-state index contributed by atoms with van der Waals surface area (Å²) in [4.78, 5) is 36.2. The molecule has 0 spiro atoms. The van der Waals surface area contributed by atoms with Crippen LogP contribution >= 0.6 is 23.2 Å². The molecule has 2 unspecified atom stereocenters. The fourth-order valence-electron chi connectivity index (χ4n) is 7.47. The predicted octanol–water partition coefficient (Wildman–Crippen LogP) is 5.82. The number of hydrogen-bond acceptors (Lipinski definition) is 9. The molecular weight excluding hydrogens is 675 g/mol. The zero-order chi connectivity index (χ0) is 35.2. The van der Waals surface area contributed by atoms with E-state index in [2.05, 4.69) is 37.0 Å². The number of aromatic nitrogens is 4. The Kier molecular flexibility index (Phi) is 9.25. The number of nitrogens with one attached hydrogen (secondary N) is 3. The molecule has 3 aromatic heterocycles. The zero-order valence-corrected chi connectivity index (χ0v) is 29.8. The molecule has 13 heteroatoms. The smallest absolute Gasteiger partial charge is 0.278 e. The van der Waals surface area contributed by atoms with Gasteiger partial charge in [0.15, 0.2) is 0 Å². The van der Waals surface area contributed by atoms with Gasteiger partial charge in [0.1, 0.15) is 5.82 Å². The summed E-state index contributed by atoms with van der Waals surface area (Å²) in [7, 11) is 5.22. The monoisotopic (exact) mass is 712 g/mol. The van der Waals surface area contributed by atoms with E-state index >= 15 is 0 Å². The maximum atomic E-state index is 13.1. The number of rotatable bonds is 10. The largest absolute Gasteiger partial charge is 0.481 e. The molecule has 1 aliphatic carbocycles. The molecule has 1 fully saturated rings. The number of aryl methyl sites for hydroxylation is 3. The number of methoxy groups -OCH3 is 1. The Bertz CT molecular complexity index is 2190. The number of carbonyl (C=O) groups is 1. The number of fused-ring (bicyclic) bond motifs is 2. The third-order valence-corrected chi connectivity index (χ3v) is 10.9. The van der Waals surface area contributed by atoms with Crippen molar-refractivity contribution in [3.8, 4) is 28.3 Å². The SMILES string of the molecule is CNC1(CNC=O)CCN(C2CCc3cc(-c4cccc(-c5cccc(Nc6nc(C)cc7cnn(C)c(=O)c67)c5Cl)c4Cl)nc(OC)c32)C1. The van der Waals surface area contributed by atoms with E-state index in [1.165, 1.54) is 10.2 Å². The summed E-state index contributed by atoms with van der Waals surface area (Å²) >= 11 is 14.3. The van der Waals surface area contributed by atoms with Crippen molar-refractivity contribution in [2.24, 2.45) is 7.05 Å². The molecule has 7 rings (SSSR count). The molecule has 0 saturated carbocycles. The van der Waals surface area contributed by atoms with Gasteiger partial charge < -0.3 is 20.7 Å². The number of anilines is 2. The molecule has 2 aliphatic rings. The highest BCUT2D eigenvalue weighted by Crippen LogP contribution is 2.46. The summed E-state index contributed by atoms with van der Waals surface area (Å²) < 4.78 is 7.22. The number of pyridine rings is 2. The van der Waals surface area contributed by atoms with E-state index in [1.807, 2.05) is 56.4 Å². The first kappa shape index (κ1) is 33.9. The van der Waals surface area contributed by atoms with Crippen LogP contribution in [0, 0.1) is 6.92 Å². The van der Waals surface area contributed by atoms with Gasteiger partial charge in [-0.15, -0.1) is 0 Å². The molecule has 1 saturated heterocycles. The van der Waals surface area contributed by atoms with Crippen molar-refractivity contribution in [2.75, 3.05) is 39.1 Å². The van der Waals surface area contributed by atoms with Crippen molar-refractivity contribution in [1.82, 2.24) is 35.3 Å². The molecule has 4 heterocycles. The average Bonchev–Trinajstić information content (AvgIpc) is 3.74. The third-order valence-electron chi connectivity index (χ3n) is 10.1. The molecule has 3 N–H and O–H groups in total. The lowest BCUT2D eigenvalue weighted by molar-refractivity contribution is -0.109. The van der Waals surface area contributed by atoms with Gasteiger partial charge in [0.2, 0.25) is 12.3 Å². The van der Waals surface area contributed by atoms with E-state index in [0.29, 0.717) is 50.3 Å². The van der Waals surface area contributed by atoms with Gasteiger partial charge in [0.25, 0.3) is 5.56 Å². The number of ether oxygens (including phenoxy) is 1. The van der Waals surface area contributed by atoms with Crippen LogP contribution < -0.4 is 26.2 Å². The Morgan fingerprint density at radius 3 is 2.60 bits per heavy atom. The van der Waals surface area contributed by atoms with E-state index in [9.17, 15) is 9.59 Å². The lowest BCUT2D eigenvalue weighted by Gasteiger charge is -2.31. The molecule has 258 valence electrons. The summed E-state index contributed by atoms with van der Waals surface area (Å²) in [6.07, 6.45) is 5.18. The molecule has 5 aromatic rings. The lowest BCUT2D eigenvalue weighted by atomic mass is 9.98. The second-order valence-corrected chi connectivity index (χ2v) is 13.8. The fourth-order valence-corrected chi connectivity index (χ4v) is 8.07. The normalized spacial score (nSPS) is 18.7. The molecular formula is C37H38Cl2N8O3. The van der Waals surface area contributed by atoms with Crippen molar-refractivity contribution in [3.63, 3.8) is 0 Å². The third kappa shape index (κ3) is 5.98. The number of likely N-dealkylation sites (tertiary alicyclic amines) is 1. The van der Waals surface area contributed by atoms with Crippen molar-refractivity contribution in [2.45, 2.75) is 37.8 Å². The zero-order valence-electron chi connectivity index (χ0n) is 28.3. The molecule has 0 radical (unpaired) electrons. The van der Waals surface area contributed by atoms with Gasteiger partial charge in [-0.3, -0.25) is 14.5 Å². The summed E-state index contributed by atoms with van der Waals surface area (Å²) in [6.45, 7) is 4.16. The van der Waals surface area contributed by atoms with E-state index < -0.39 is 0 Å². The second-order valence-electron chi connectivity index (χ2n) is 13.0. The number of nitrogens with zero attached hydrogens (tertiary/aromatic N) is 5. The van der Waals surface area contributed by atoms with Gasteiger partial charge in [-0.05, 0) is 57.0 Å². The first-order chi connectivity index (χ1) is 24.2. The van der Waals surface area contributed by atoms with Crippen molar-refractivity contribution < 1.29 is 9.53 Å². The highest BCUT2D eigenvalue weighted by atomic mass is 35.5. The highest BCUT2D eigenvalue weighted by Gasteiger charge is 2.42. The summed E-state index contributed by atoms with van der Waals surface area (Å²) in [5.41, 5.74) is 6.13. The van der Waals surface area contributed by atoms with Crippen LogP contribution in [-0.2, 0) is 18.3 Å². The summed E-state index contributed by atoms with van der Waals surface area (Å²) in [5.74, 6) is 0.996. The first-order valence-corrected chi connectivity index (χ1v) is 17.3. The Morgan fingerprint density at radius 2 is 1.84 bits per heavy atom. The van der Waals surface area contributed by atoms with Crippen molar-refractivity contribution >= 4 is 51.9 Å². The number of amides is 1. The number of hydrogen-bond donors (Lipinski definition) is 3. The molecule has 50 heavy (non-hydrogen) atoms. The number of benzene rings is 2. The lowest BCUT2D eigenvalue weighted by Crippen LogP contribution is -2.52. The molecule has 2 aromatic carbocycles. The Balaban J connectivity index is 1.22. The van der Waals surface area contributed by atoms with Gasteiger partial charge in [0.05, 0.1) is 40.1 Å². The van der Waals surface area contributed by atoms with Gasteiger partial charge >= 0.3 is 0 Å². The van der Waals surface area contributed by atoms with Crippen LogP contribution in [0.4, 0.5) is 11.5 Å². The van der Waals surface area contributed by atoms with Crippen molar-refractivity contribution in [3.05, 3.63) is 91.9 Å². The quantitative estimate of drug-likeness (QED) is 0.154. The van der Waals surface area contributed by atoms with Crippen LogP contribution in [0.3, 0.4) is 0 Å². The summed E-state index contributed by atoms with van der Waals surface area (Å²) in [5, 5.41) is 15.8. The van der Waals surface area contributed by atoms with Crippen LogP contribution in [0.25, 0.3) is 33.2 Å². The van der Waals surface area contributed by atoms with Crippen LogP contribution in [0.2, 0.25) is 10.0 Å². The Hall–Kier alpha value is -4.55. The van der Waals surface area contributed by atoms with Crippen molar-refractivity contribution in [1.29, 1.82) is 0 Å². The minimum Gasteiger partial charge on any atom is -0.481 e. The van der Waals surface area contributed by atoms with E-state index in [-0.39, 0.29) is 17.1 Å². The number of carbonyl (C=O) groups excluding carboxylic acids is 1. The highest BCUT2D eigenvalue weighted by molar-refractivity contribution is 6.39. The number of likely N-dealkylation sites (N-methyl/N-ethyl adjacent to an activating group) is 1. The Morgan fingerprint density at radius 1 is 1.08 bits per heavy atom. The standard InChI is InChI=1S/C37H38Cl2N8O3/c1-21-15-23-17-42-46(3)36(49)31(23)34(43-21)44-27-10-6-8-25(33(27)39)24-7-5-9-26(32(24)38)28-16-22-11-12-29(30(22)35(45-28)50-4)47-14-13-37(19-47,40-2)18-41-20-48/h5-10,15-17,20,29,40H,11-14,18-19H2,1-4H3,(H,41,48)(H,43,44). The maximum Gasteiger partial charge on any atom is 0.278 e.